The molecule has 1 fully saturated rings. The van der Waals surface area contributed by atoms with Crippen molar-refractivity contribution >= 4 is 45.4 Å². The van der Waals surface area contributed by atoms with E-state index in [2.05, 4.69) is 22.3 Å². The Hall–Kier alpha value is -1.61. The smallest absolute Gasteiger partial charge is 0.271 e. The van der Waals surface area contributed by atoms with E-state index < -0.39 is 10.0 Å². The monoisotopic (exact) mass is 415 g/mol. The number of hydrogen-bond acceptors (Lipinski definition) is 5. The normalized spacial score (nSPS) is 20.0. The van der Waals surface area contributed by atoms with Gasteiger partial charge in [0.2, 0.25) is 0 Å². The molecule has 0 aliphatic carbocycles. The topological polar surface area (TPSA) is 87.3 Å². The third-order valence-electron chi connectivity index (χ3n) is 4.22. The maximum absolute atomic E-state index is 12.5. The molecule has 0 spiro atoms. The van der Waals surface area contributed by atoms with Crippen LogP contribution in [0.15, 0.2) is 46.0 Å². The molecule has 0 saturated carbocycles. The molecular weight excluding hydrogens is 394 g/mol. The highest BCUT2D eigenvalue weighted by molar-refractivity contribution is 7.94. The number of carbonyl (C=O) groups is 1. The van der Waals surface area contributed by atoms with Gasteiger partial charge in [0.05, 0.1) is 0 Å². The lowest BCUT2D eigenvalue weighted by Gasteiger charge is -2.30. The Balaban J connectivity index is 0.00000243. The van der Waals surface area contributed by atoms with Crippen molar-refractivity contribution in [3.05, 3.63) is 47.3 Å². The van der Waals surface area contributed by atoms with Crippen LogP contribution in [0.4, 0.5) is 5.69 Å². The van der Waals surface area contributed by atoms with Crippen LogP contribution in [0.25, 0.3) is 0 Å². The van der Waals surface area contributed by atoms with Gasteiger partial charge in [0, 0.05) is 23.3 Å². The van der Waals surface area contributed by atoms with Gasteiger partial charge in [0.25, 0.3) is 15.9 Å². The summed E-state index contributed by atoms with van der Waals surface area (Å²) in [4.78, 5) is 12.5. The van der Waals surface area contributed by atoms with Crippen LogP contribution in [-0.4, -0.2) is 33.0 Å². The van der Waals surface area contributed by atoms with Crippen molar-refractivity contribution in [2.75, 3.05) is 11.3 Å². The van der Waals surface area contributed by atoms with Crippen LogP contribution in [0.1, 0.15) is 30.1 Å². The zero-order valence-electron chi connectivity index (χ0n) is 14.3. The van der Waals surface area contributed by atoms with E-state index in [1.165, 1.54) is 0 Å². The number of piperidine rings is 1. The molecule has 2 unspecified atom stereocenters. The highest BCUT2D eigenvalue weighted by Gasteiger charge is 2.23. The van der Waals surface area contributed by atoms with Crippen molar-refractivity contribution in [1.29, 1.82) is 0 Å². The Labute approximate surface area is 163 Å². The zero-order valence-corrected chi connectivity index (χ0v) is 16.7. The second-order valence-electron chi connectivity index (χ2n) is 6.08. The van der Waals surface area contributed by atoms with Gasteiger partial charge >= 0.3 is 0 Å². The number of hydrogen-bond donors (Lipinski definition) is 3. The molecule has 3 rings (SSSR count). The van der Waals surface area contributed by atoms with Crippen molar-refractivity contribution < 1.29 is 13.2 Å². The van der Waals surface area contributed by atoms with Crippen molar-refractivity contribution in [3.63, 3.8) is 0 Å². The average Bonchev–Trinajstić information content (AvgIpc) is 3.12. The van der Waals surface area contributed by atoms with Crippen LogP contribution < -0.4 is 15.4 Å². The van der Waals surface area contributed by atoms with Gasteiger partial charge in [0.1, 0.15) is 4.21 Å². The molecule has 2 heterocycles. The Morgan fingerprint density at radius 3 is 2.77 bits per heavy atom. The fourth-order valence-corrected chi connectivity index (χ4v) is 4.88. The molecule has 2 atom stereocenters. The molecular formula is C17H22ClN3O3S2. The Morgan fingerprint density at radius 1 is 1.27 bits per heavy atom. The summed E-state index contributed by atoms with van der Waals surface area (Å²) in [6.45, 7) is 3.02. The number of amides is 1. The molecule has 26 heavy (non-hydrogen) atoms. The predicted octanol–water partition coefficient (Wildman–Crippen LogP) is 2.84. The third-order valence-corrected chi connectivity index (χ3v) is 6.99. The molecule has 2 aromatic rings. The summed E-state index contributed by atoms with van der Waals surface area (Å²) in [5.74, 6) is -0.197. The lowest BCUT2D eigenvalue weighted by atomic mass is 9.99. The lowest BCUT2D eigenvalue weighted by molar-refractivity contribution is 0.0920. The molecule has 142 valence electrons. The molecule has 1 aliphatic rings. The largest absolute Gasteiger partial charge is 0.348 e. The standard InChI is InChI=1S/C17H21N3O3S2.ClH/c1-12-15(7-3-9-18-12)19-17(21)13-5-2-6-14(11-13)20-25(22,23)16-8-4-10-24-16;/h2,4-6,8,10-12,15,18,20H,3,7,9H2,1H3,(H,19,21);1H. The second kappa shape index (κ2) is 8.85. The average molecular weight is 416 g/mol. The fourth-order valence-electron chi connectivity index (χ4n) is 2.84. The highest BCUT2D eigenvalue weighted by atomic mass is 35.5. The fraction of sp³-hybridized carbons (Fsp3) is 0.353. The number of carbonyl (C=O) groups excluding carboxylic acids is 1. The van der Waals surface area contributed by atoms with Gasteiger partial charge in [-0.3, -0.25) is 9.52 Å². The SMILES string of the molecule is CC1NCCCC1NC(=O)c1cccc(NS(=O)(=O)c2cccs2)c1.Cl. The molecule has 3 N–H and O–H groups in total. The van der Waals surface area contributed by atoms with E-state index in [1.807, 2.05) is 0 Å². The minimum atomic E-state index is -3.62. The van der Waals surface area contributed by atoms with E-state index in [0.717, 1.165) is 30.7 Å². The highest BCUT2D eigenvalue weighted by Crippen LogP contribution is 2.21. The first kappa shape index (κ1) is 20.7. The minimum Gasteiger partial charge on any atom is -0.348 e. The number of anilines is 1. The number of halogens is 1. The van der Waals surface area contributed by atoms with Crippen molar-refractivity contribution in [2.45, 2.75) is 36.1 Å². The number of nitrogens with one attached hydrogen (secondary N) is 3. The molecule has 1 aromatic heterocycles. The molecule has 0 radical (unpaired) electrons. The molecule has 1 aliphatic heterocycles. The summed E-state index contributed by atoms with van der Waals surface area (Å²) in [7, 11) is -3.62. The summed E-state index contributed by atoms with van der Waals surface area (Å²) < 4.78 is 27.3. The Kier molecular flexibility index (Phi) is 7.05. The van der Waals surface area contributed by atoms with E-state index >= 15 is 0 Å². The van der Waals surface area contributed by atoms with Crippen LogP contribution in [0.3, 0.4) is 0 Å². The van der Waals surface area contributed by atoms with Crippen LogP contribution in [0, 0.1) is 0 Å². The summed E-state index contributed by atoms with van der Waals surface area (Å²) in [6.07, 6.45) is 1.96. The Morgan fingerprint density at radius 2 is 2.08 bits per heavy atom. The number of thiophene rings is 1. The first-order valence-electron chi connectivity index (χ1n) is 8.16. The molecule has 9 heteroatoms. The van der Waals surface area contributed by atoms with Crippen molar-refractivity contribution in [1.82, 2.24) is 10.6 Å². The van der Waals surface area contributed by atoms with Gasteiger partial charge in [-0.2, -0.15) is 0 Å². The summed E-state index contributed by atoms with van der Waals surface area (Å²) in [6, 6.07) is 10.1. The maximum atomic E-state index is 12.5. The maximum Gasteiger partial charge on any atom is 0.271 e. The molecule has 6 nitrogen and oxygen atoms in total. The van der Waals surface area contributed by atoms with Gasteiger partial charge in [0.15, 0.2) is 0 Å². The molecule has 0 bridgehead atoms. The van der Waals surface area contributed by atoms with Crippen molar-refractivity contribution in [2.24, 2.45) is 0 Å². The predicted molar refractivity (Wildman–Crippen MR) is 107 cm³/mol. The van der Waals surface area contributed by atoms with Crippen molar-refractivity contribution in [3.8, 4) is 0 Å². The molecule has 1 saturated heterocycles. The molecule has 1 amide bonds. The van der Waals surface area contributed by atoms with Gasteiger partial charge in [-0.25, -0.2) is 8.42 Å². The van der Waals surface area contributed by atoms with E-state index in [0.29, 0.717) is 11.3 Å². The number of benzene rings is 1. The van der Waals surface area contributed by atoms with Crippen LogP contribution in [0.2, 0.25) is 0 Å². The van der Waals surface area contributed by atoms with Gasteiger partial charge < -0.3 is 10.6 Å². The van der Waals surface area contributed by atoms with E-state index in [1.54, 1.807) is 41.8 Å². The van der Waals surface area contributed by atoms with E-state index in [4.69, 9.17) is 0 Å². The van der Waals surface area contributed by atoms with Gasteiger partial charge in [-0.05, 0) is 56.0 Å². The zero-order chi connectivity index (χ0) is 17.9. The summed E-state index contributed by atoms with van der Waals surface area (Å²) in [5, 5.41) is 8.07. The first-order chi connectivity index (χ1) is 12.0. The van der Waals surface area contributed by atoms with Gasteiger partial charge in [-0.1, -0.05) is 12.1 Å². The quantitative estimate of drug-likeness (QED) is 0.700. The first-order valence-corrected chi connectivity index (χ1v) is 10.5. The van der Waals surface area contributed by atoms with Crippen LogP contribution in [0.5, 0.6) is 0 Å². The second-order valence-corrected chi connectivity index (χ2v) is 8.94. The number of sulfonamides is 1. The lowest BCUT2D eigenvalue weighted by Crippen LogP contribution is -2.51. The summed E-state index contributed by atoms with van der Waals surface area (Å²) >= 11 is 1.15. The molecule has 1 aromatic carbocycles. The number of rotatable bonds is 5. The summed E-state index contributed by atoms with van der Waals surface area (Å²) in [5.41, 5.74) is 0.806. The minimum absolute atomic E-state index is 0. The van der Waals surface area contributed by atoms with Gasteiger partial charge in [-0.15, -0.1) is 23.7 Å². The third kappa shape index (κ3) is 4.97. The van der Waals surface area contributed by atoms with Crippen LogP contribution in [-0.2, 0) is 10.0 Å². The van der Waals surface area contributed by atoms with Crippen LogP contribution >= 0.6 is 23.7 Å². The Bertz CT molecular complexity index is 841. The van der Waals surface area contributed by atoms with E-state index in [-0.39, 0.29) is 34.6 Å². The van der Waals surface area contributed by atoms with E-state index in [9.17, 15) is 13.2 Å².